The Morgan fingerprint density at radius 1 is 1.08 bits per heavy atom. The Kier molecular flexibility index (Phi) is 7.32. The number of anilines is 1. The Labute approximate surface area is 156 Å². The molecule has 1 N–H and O–H groups in total. The second-order valence-corrected chi connectivity index (χ2v) is 6.90. The van der Waals surface area contributed by atoms with Gasteiger partial charge in [0.15, 0.2) is 0 Å². The average molecular weight is 359 g/mol. The summed E-state index contributed by atoms with van der Waals surface area (Å²) in [7, 11) is 0. The summed E-state index contributed by atoms with van der Waals surface area (Å²) in [6, 6.07) is 13.9. The largest absolute Gasteiger partial charge is 0.324 e. The molecule has 2 amide bonds. The molecule has 0 heterocycles. The molecule has 0 bridgehead atoms. The number of nitrogens with zero attached hydrogens (tertiary/aromatic N) is 1. The fraction of sp³-hybridized carbons (Fsp3) is 0.381. The van der Waals surface area contributed by atoms with E-state index < -0.39 is 0 Å². The Balaban J connectivity index is 2.01. The average Bonchev–Trinajstić information content (AvgIpc) is 2.59. The smallest absolute Gasteiger partial charge is 0.321 e. The summed E-state index contributed by atoms with van der Waals surface area (Å²) in [5.74, 6) is 0. The Hall–Kier alpha value is -2.00. The molecule has 0 saturated carbocycles. The van der Waals surface area contributed by atoms with Crippen molar-refractivity contribution in [1.82, 2.24) is 4.90 Å². The third-order valence-corrected chi connectivity index (χ3v) is 4.53. The van der Waals surface area contributed by atoms with Gasteiger partial charge in [-0.15, -0.1) is 0 Å². The number of rotatable bonds is 7. The van der Waals surface area contributed by atoms with E-state index >= 15 is 0 Å². The zero-order chi connectivity index (χ0) is 18.2. The summed E-state index contributed by atoms with van der Waals surface area (Å²) >= 11 is 5.93. The lowest BCUT2D eigenvalue weighted by atomic mass is 10.1. The summed E-state index contributed by atoms with van der Waals surface area (Å²) in [4.78, 5) is 14.6. The first-order valence-corrected chi connectivity index (χ1v) is 9.25. The van der Waals surface area contributed by atoms with Crippen LogP contribution >= 0.6 is 11.6 Å². The molecule has 2 aromatic carbocycles. The van der Waals surface area contributed by atoms with Gasteiger partial charge in [-0.25, -0.2) is 4.79 Å². The van der Waals surface area contributed by atoms with E-state index in [1.165, 1.54) is 11.1 Å². The van der Waals surface area contributed by atoms with Gasteiger partial charge in [0.1, 0.15) is 0 Å². The van der Waals surface area contributed by atoms with Crippen LogP contribution in [0, 0.1) is 13.8 Å². The molecule has 0 unspecified atom stereocenters. The summed E-state index contributed by atoms with van der Waals surface area (Å²) in [6.45, 7) is 7.67. The fourth-order valence-corrected chi connectivity index (χ4v) is 2.85. The predicted octanol–water partition coefficient (Wildman–Crippen LogP) is 5.83. The van der Waals surface area contributed by atoms with E-state index in [9.17, 15) is 4.79 Å². The molecule has 2 aromatic rings. The zero-order valence-electron chi connectivity index (χ0n) is 15.3. The number of unbranched alkanes of at least 4 members (excludes halogenated alkanes) is 1. The zero-order valence-corrected chi connectivity index (χ0v) is 16.1. The molecule has 25 heavy (non-hydrogen) atoms. The van der Waals surface area contributed by atoms with E-state index in [1.54, 1.807) is 0 Å². The van der Waals surface area contributed by atoms with Gasteiger partial charge in [0.05, 0.1) is 0 Å². The highest BCUT2D eigenvalue weighted by atomic mass is 35.5. The normalized spacial score (nSPS) is 10.6. The van der Waals surface area contributed by atoms with Crippen LogP contribution < -0.4 is 5.32 Å². The predicted molar refractivity (Wildman–Crippen MR) is 107 cm³/mol. The van der Waals surface area contributed by atoms with Crippen molar-refractivity contribution in [3.8, 4) is 0 Å². The second kappa shape index (κ2) is 9.47. The number of hydrogen-bond acceptors (Lipinski definition) is 1. The number of nitrogens with one attached hydrogen (secondary N) is 1. The van der Waals surface area contributed by atoms with Gasteiger partial charge in [-0.2, -0.15) is 0 Å². The number of urea groups is 1. The van der Waals surface area contributed by atoms with Crippen LogP contribution in [-0.2, 0) is 6.42 Å². The van der Waals surface area contributed by atoms with Crippen LogP contribution in [0.25, 0.3) is 0 Å². The quantitative estimate of drug-likeness (QED) is 0.663. The number of benzene rings is 2. The monoisotopic (exact) mass is 358 g/mol. The number of halogens is 1. The van der Waals surface area contributed by atoms with Gasteiger partial charge in [-0.05, 0) is 56.0 Å². The molecular formula is C21H27ClN2O. The Morgan fingerprint density at radius 3 is 2.44 bits per heavy atom. The van der Waals surface area contributed by atoms with Crippen molar-refractivity contribution in [3.63, 3.8) is 0 Å². The Morgan fingerprint density at radius 2 is 1.80 bits per heavy atom. The Bertz CT molecular complexity index is 698. The van der Waals surface area contributed by atoms with E-state index in [4.69, 9.17) is 11.6 Å². The van der Waals surface area contributed by atoms with E-state index in [0.717, 1.165) is 42.1 Å². The van der Waals surface area contributed by atoms with Crippen molar-refractivity contribution in [2.24, 2.45) is 0 Å². The van der Waals surface area contributed by atoms with Crippen molar-refractivity contribution in [2.45, 2.75) is 40.0 Å². The standard InChI is InChI=1S/C21H27ClN2O/c1-4-5-13-24(14-12-18-7-9-19(22)10-8-18)21(25)23-20-11-6-16(2)15-17(20)3/h6-11,15H,4-5,12-14H2,1-3H3,(H,23,25). The lowest BCUT2D eigenvalue weighted by Crippen LogP contribution is -2.37. The highest BCUT2D eigenvalue weighted by Gasteiger charge is 2.14. The molecule has 0 aliphatic heterocycles. The summed E-state index contributed by atoms with van der Waals surface area (Å²) < 4.78 is 0. The first kappa shape index (κ1) is 19.3. The minimum Gasteiger partial charge on any atom is -0.324 e. The maximum atomic E-state index is 12.7. The van der Waals surface area contributed by atoms with Gasteiger partial charge < -0.3 is 10.2 Å². The summed E-state index contributed by atoms with van der Waals surface area (Å²) in [5, 5.41) is 3.79. The highest BCUT2D eigenvalue weighted by Crippen LogP contribution is 2.17. The van der Waals surface area contributed by atoms with Crippen molar-refractivity contribution in [2.75, 3.05) is 18.4 Å². The molecule has 0 saturated heterocycles. The van der Waals surface area contributed by atoms with E-state index in [-0.39, 0.29) is 6.03 Å². The van der Waals surface area contributed by atoms with Crippen molar-refractivity contribution < 1.29 is 4.79 Å². The number of carbonyl (C=O) groups is 1. The summed E-state index contributed by atoms with van der Waals surface area (Å²) in [6.07, 6.45) is 2.89. The number of aryl methyl sites for hydroxylation is 2. The molecule has 0 atom stereocenters. The number of hydrogen-bond donors (Lipinski definition) is 1. The van der Waals surface area contributed by atoms with E-state index in [2.05, 4.69) is 25.2 Å². The first-order chi connectivity index (χ1) is 12.0. The molecule has 0 radical (unpaired) electrons. The van der Waals surface area contributed by atoms with Crippen LogP contribution in [0.5, 0.6) is 0 Å². The van der Waals surface area contributed by atoms with Crippen molar-refractivity contribution in [1.29, 1.82) is 0 Å². The first-order valence-electron chi connectivity index (χ1n) is 8.87. The molecule has 4 heteroatoms. The lowest BCUT2D eigenvalue weighted by molar-refractivity contribution is 0.211. The van der Waals surface area contributed by atoms with Crippen LogP contribution in [-0.4, -0.2) is 24.0 Å². The highest BCUT2D eigenvalue weighted by molar-refractivity contribution is 6.30. The van der Waals surface area contributed by atoms with E-state index in [0.29, 0.717) is 6.54 Å². The molecule has 3 nitrogen and oxygen atoms in total. The molecule has 0 aromatic heterocycles. The molecule has 134 valence electrons. The molecule has 0 aliphatic carbocycles. The SMILES string of the molecule is CCCCN(CCc1ccc(Cl)cc1)C(=O)Nc1ccc(C)cc1C. The van der Waals surface area contributed by atoms with Crippen molar-refractivity contribution >= 4 is 23.3 Å². The third kappa shape index (κ3) is 6.09. The maximum absolute atomic E-state index is 12.7. The summed E-state index contributed by atoms with van der Waals surface area (Å²) in [5.41, 5.74) is 4.34. The second-order valence-electron chi connectivity index (χ2n) is 6.47. The number of amides is 2. The molecular weight excluding hydrogens is 332 g/mol. The molecule has 0 fully saturated rings. The minimum atomic E-state index is -0.0330. The van der Waals surface area contributed by atoms with Gasteiger partial charge in [0.2, 0.25) is 0 Å². The number of carbonyl (C=O) groups excluding carboxylic acids is 1. The maximum Gasteiger partial charge on any atom is 0.321 e. The van der Waals surface area contributed by atoms with Crippen LogP contribution in [0.4, 0.5) is 10.5 Å². The lowest BCUT2D eigenvalue weighted by Gasteiger charge is -2.23. The van der Waals surface area contributed by atoms with Crippen molar-refractivity contribution in [3.05, 3.63) is 64.2 Å². The topological polar surface area (TPSA) is 32.3 Å². The van der Waals surface area contributed by atoms with Crippen LogP contribution in [0.3, 0.4) is 0 Å². The van der Waals surface area contributed by atoms with Gasteiger partial charge in [-0.1, -0.05) is 54.8 Å². The molecule has 2 rings (SSSR count). The van der Waals surface area contributed by atoms with Gasteiger partial charge in [0, 0.05) is 23.8 Å². The third-order valence-electron chi connectivity index (χ3n) is 4.28. The molecule has 0 spiro atoms. The van der Waals surface area contributed by atoms with E-state index in [1.807, 2.05) is 48.2 Å². The van der Waals surface area contributed by atoms with Gasteiger partial charge in [-0.3, -0.25) is 0 Å². The van der Waals surface area contributed by atoms with Gasteiger partial charge in [0.25, 0.3) is 0 Å². The minimum absolute atomic E-state index is 0.0330. The van der Waals surface area contributed by atoms with Crippen LogP contribution in [0.1, 0.15) is 36.5 Å². The fourth-order valence-electron chi connectivity index (χ4n) is 2.73. The van der Waals surface area contributed by atoms with Crippen LogP contribution in [0.15, 0.2) is 42.5 Å². The van der Waals surface area contributed by atoms with Crippen LogP contribution in [0.2, 0.25) is 5.02 Å². The molecule has 0 aliphatic rings. The van der Waals surface area contributed by atoms with Gasteiger partial charge >= 0.3 is 6.03 Å².